The fraction of sp³-hybridized carbons (Fsp3) is 0.692. The predicted molar refractivity (Wildman–Crippen MR) is 62.8 cm³/mol. The molecular formula is C13H17NO4. The SMILES string of the molecule is CC(C)(C)N1C[C@@]23C=C[C@@H](O2)C(C(=O)O)C3C1=O. The molecule has 5 nitrogen and oxygen atoms in total. The molecule has 0 aromatic carbocycles. The molecule has 2 unspecified atom stereocenters. The number of likely N-dealkylation sites (tertiary alicyclic amines) is 1. The molecule has 0 aromatic rings. The second-order valence-corrected chi connectivity index (χ2v) is 6.33. The molecule has 0 saturated carbocycles. The zero-order chi connectivity index (χ0) is 13.3. The number of ether oxygens (including phenoxy) is 1. The van der Waals surface area contributed by atoms with Gasteiger partial charge in [0, 0.05) is 5.54 Å². The molecular weight excluding hydrogens is 234 g/mol. The van der Waals surface area contributed by atoms with E-state index in [0.29, 0.717) is 6.54 Å². The molecule has 4 atom stereocenters. The van der Waals surface area contributed by atoms with Gasteiger partial charge < -0.3 is 14.7 Å². The molecule has 2 fully saturated rings. The first-order valence-corrected chi connectivity index (χ1v) is 6.18. The molecule has 3 aliphatic rings. The van der Waals surface area contributed by atoms with Crippen LogP contribution in [0, 0.1) is 11.8 Å². The second-order valence-electron chi connectivity index (χ2n) is 6.33. The zero-order valence-electron chi connectivity index (χ0n) is 10.7. The number of carbonyl (C=O) groups excluding carboxylic acids is 1. The minimum absolute atomic E-state index is 0.0956. The van der Waals surface area contributed by atoms with Crippen molar-refractivity contribution in [2.24, 2.45) is 11.8 Å². The molecule has 0 aromatic heterocycles. The van der Waals surface area contributed by atoms with Gasteiger partial charge in [-0.3, -0.25) is 9.59 Å². The molecule has 3 aliphatic heterocycles. The van der Waals surface area contributed by atoms with Crippen molar-refractivity contribution in [3.05, 3.63) is 12.2 Å². The molecule has 3 rings (SSSR count). The molecule has 5 heteroatoms. The Morgan fingerprint density at radius 2 is 2.22 bits per heavy atom. The van der Waals surface area contributed by atoms with E-state index in [1.807, 2.05) is 26.8 Å². The van der Waals surface area contributed by atoms with Gasteiger partial charge in [0.15, 0.2) is 0 Å². The number of fused-ring (bicyclic) bond motifs is 1. The van der Waals surface area contributed by atoms with Crippen LogP contribution in [0.1, 0.15) is 20.8 Å². The average Bonchev–Trinajstić information content (AvgIpc) is 2.85. The molecule has 1 amide bonds. The zero-order valence-corrected chi connectivity index (χ0v) is 10.7. The summed E-state index contributed by atoms with van der Waals surface area (Å²) in [6.07, 6.45) is 3.22. The summed E-state index contributed by atoms with van der Waals surface area (Å²) in [5.41, 5.74) is -1.02. The van der Waals surface area contributed by atoms with Crippen LogP contribution >= 0.6 is 0 Å². The van der Waals surface area contributed by atoms with Gasteiger partial charge in [0.05, 0.1) is 18.6 Å². The van der Waals surface area contributed by atoms with Crippen LogP contribution in [0.3, 0.4) is 0 Å². The summed E-state index contributed by atoms with van der Waals surface area (Å²) in [5.74, 6) is -2.35. The molecule has 2 saturated heterocycles. The van der Waals surface area contributed by atoms with E-state index in [9.17, 15) is 14.7 Å². The van der Waals surface area contributed by atoms with Gasteiger partial charge in [0.25, 0.3) is 0 Å². The highest BCUT2D eigenvalue weighted by molar-refractivity contribution is 5.91. The highest BCUT2D eigenvalue weighted by Gasteiger charge is 2.67. The van der Waals surface area contributed by atoms with Crippen molar-refractivity contribution in [3.8, 4) is 0 Å². The topological polar surface area (TPSA) is 66.8 Å². The van der Waals surface area contributed by atoms with Gasteiger partial charge in [-0.25, -0.2) is 0 Å². The minimum atomic E-state index is -0.944. The number of carbonyl (C=O) groups is 2. The van der Waals surface area contributed by atoms with Crippen LogP contribution in [0.4, 0.5) is 0 Å². The van der Waals surface area contributed by atoms with E-state index >= 15 is 0 Å². The van der Waals surface area contributed by atoms with Crippen molar-refractivity contribution in [1.29, 1.82) is 0 Å². The number of hydrogen-bond donors (Lipinski definition) is 1. The fourth-order valence-electron chi connectivity index (χ4n) is 3.35. The number of amides is 1. The van der Waals surface area contributed by atoms with E-state index < -0.39 is 29.5 Å². The molecule has 2 bridgehead atoms. The third-order valence-corrected chi connectivity index (χ3v) is 4.20. The van der Waals surface area contributed by atoms with Crippen LogP contribution in [0.5, 0.6) is 0 Å². The van der Waals surface area contributed by atoms with Gasteiger partial charge in [-0.15, -0.1) is 0 Å². The van der Waals surface area contributed by atoms with Crippen LogP contribution in [-0.4, -0.2) is 45.7 Å². The van der Waals surface area contributed by atoms with Crippen molar-refractivity contribution < 1.29 is 19.4 Å². The van der Waals surface area contributed by atoms with E-state index in [4.69, 9.17) is 4.74 Å². The number of carboxylic acid groups (broad SMARTS) is 1. The first-order chi connectivity index (χ1) is 8.26. The number of nitrogens with zero attached hydrogens (tertiary/aromatic N) is 1. The maximum absolute atomic E-state index is 12.5. The monoisotopic (exact) mass is 251 g/mol. The van der Waals surface area contributed by atoms with Crippen molar-refractivity contribution in [2.45, 2.75) is 38.0 Å². The summed E-state index contributed by atoms with van der Waals surface area (Å²) >= 11 is 0. The van der Waals surface area contributed by atoms with Crippen LogP contribution in [0.15, 0.2) is 12.2 Å². The first kappa shape index (κ1) is 11.7. The largest absolute Gasteiger partial charge is 0.481 e. The van der Waals surface area contributed by atoms with E-state index in [0.717, 1.165) is 0 Å². The number of hydrogen-bond acceptors (Lipinski definition) is 3. The molecule has 3 heterocycles. The van der Waals surface area contributed by atoms with Crippen LogP contribution in [0.25, 0.3) is 0 Å². The molecule has 1 N–H and O–H groups in total. The Bertz CT molecular complexity index is 464. The fourth-order valence-corrected chi connectivity index (χ4v) is 3.35. The van der Waals surface area contributed by atoms with Gasteiger partial charge in [0.2, 0.25) is 5.91 Å². The molecule has 0 aliphatic carbocycles. The summed E-state index contributed by atoms with van der Waals surface area (Å²) in [7, 11) is 0. The van der Waals surface area contributed by atoms with Crippen LogP contribution in [-0.2, 0) is 14.3 Å². The summed E-state index contributed by atoms with van der Waals surface area (Å²) < 4.78 is 5.80. The van der Waals surface area contributed by atoms with Crippen LogP contribution < -0.4 is 0 Å². The quantitative estimate of drug-likeness (QED) is 0.695. The van der Waals surface area contributed by atoms with E-state index in [1.165, 1.54) is 0 Å². The number of carboxylic acids is 1. The Morgan fingerprint density at radius 3 is 2.78 bits per heavy atom. The standard InChI is InChI=1S/C13H17NO4/c1-12(2,3)14-6-13-5-4-7(18-13)8(11(16)17)9(13)10(14)15/h4-5,7-9H,6H2,1-3H3,(H,16,17)/t7-,8?,9?,13-/m1/s1. The predicted octanol–water partition coefficient (Wildman–Crippen LogP) is 0.651. The smallest absolute Gasteiger partial charge is 0.310 e. The van der Waals surface area contributed by atoms with E-state index in [2.05, 4.69) is 0 Å². The second kappa shape index (κ2) is 3.15. The maximum Gasteiger partial charge on any atom is 0.310 e. The lowest BCUT2D eigenvalue weighted by Gasteiger charge is -2.33. The number of aliphatic carboxylic acids is 1. The van der Waals surface area contributed by atoms with E-state index in [-0.39, 0.29) is 11.4 Å². The third-order valence-electron chi connectivity index (χ3n) is 4.20. The molecule has 98 valence electrons. The van der Waals surface area contributed by atoms with Crippen molar-refractivity contribution >= 4 is 11.9 Å². The van der Waals surface area contributed by atoms with Crippen molar-refractivity contribution in [1.82, 2.24) is 4.90 Å². The Labute approximate surface area is 105 Å². The van der Waals surface area contributed by atoms with Gasteiger partial charge in [-0.1, -0.05) is 12.2 Å². The normalized spacial score (nSPS) is 41.6. The highest BCUT2D eigenvalue weighted by atomic mass is 16.5. The molecule has 18 heavy (non-hydrogen) atoms. The van der Waals surface area contributed by atoms with Crippen LogP contribution in [0.2, 0.25) is 0 Å². The Morgan fingerprint density at radius 1 is 1.56 bits per heavy atom. The summed E-state index contributed by atoms with van der Waals surface area (Å²) in [5, 5.41) is 9.30. The average molecular weight is 251 g/mol. The Balaban J connectivity index is 2.02. The molecule has 1 spiro atoms. The lowest BCUT2D eigenvalue weighted by molar-refractivity contribution is -0.149. The van der Waals surface area contributed by atoms with Crippen molar-refractivity contribution in [3.63, 3.8) is 0 Å². The number of rotatable bonds is 1. The molecule has 0 radical (unpaired) electrons. The maximum atomic E-state index is 12.5. The van der Waals surface area contributed by atoms with Gasteiger partial charge in [0.1, 0.15) is 11.5 Å². The summed E-state index contributed by atoms with van der Waals surface area (Å²) in [6, 6.07) is 0. The van der Waals surface area contributed by atoms with E-state index in [1.54, 1.807) is 11.0 Å². The van der Waals surface area contributed by atoms with Gasteiger partial charge in [-0.05, 0) is 20.8 Å². The summed E-state index contributed by atoms with van der Waals surface area (Å²) in [4.78, 5) is 25.6. The third kappa shape index (κ3) is 1.25. The Kier molecular flexibility index (Phi) is 2.05. The highest BCUT2D eigenvalue weighted by Crippen LogP contribution is 2.52. The Hall–Kier alpha value is -1.36. The summed E-state index contributed by atoms with van der Waals surface area (Å²) in [6.45, 7) is 6.31. The van der Waals surface area contributed by atoms with Gasteiger partial charge >= 0.3 is 5.97 Å². The lowest BCUT2D eigenvalue weighted by Crippen LogP contribution is -2.45. The van der Waals surface area contributed by atoms with Crippen molar-refractivity contribution in [2.75, 3.05) is 6.54 Å². The minimum Gasteiger partial charge on any atom is -0.481 e. The first-order valence-electron chi connectivity index (χ1n) is 6.18. The lowest BCUT2D eigenvalue weighted by atomic mass is 9.77. The van der Waals surface area contributed by atoms with Gasteiger partial charge in [-0.2, -0.15) is 0 Å².